The highest BCUT2D eigenvalue weighted by atomic mass is 32.2. The molecular weight excluding hydrogens is 400 g/mol. The molecular formula is C22H18N4O3S. The maximum atomic E-state index is 12.7. The molecule has 1 amide bonds. The number of hydrogen-bond donors (Lipinski definition) is 2. The second-order valence-electron chi connectivity index (χ2n) is 6.44. The Balaban J connectivity index is 1.50. The van der Waals surface area contributed by atoms with Crippen LogP contribution < -0.4 is 10.0 Å². The van der Waals surface area contributed by atoms with Crippen LogP contribution in [0.1, 0.15) is 10.4 Å². The number of amides is 1. The quantitative estimate of drug-likeness (QED) is 0.496. The zero-order valence-corrected chi connectivity index (χ0v) is 16.6. The van der Waals surface area contributed by atoms with Crippen molar-refractivity contribution in [2.45, 2.75) is 4.90 Å². The van der Waals surface area contributed by atoms with E-state index >= 15 is 0 Å². The third kappa shape index (κ3) is 4.23. The van der Waals surface area contributed by atoms with Gasteiger partial charge in [-0.15, -0.1) is 0 Å². The van der Waals surface area contributed by atoms with Crippen LogP contribution in [-0.4, -0.2) is 23.9 Å². The van der Waals surface area contributed by atoms with Crippen molar-refractivity contribution in [3.8, 4) is 5.69 Å². The normalized spacial score (nSPS) is 11.1. The van der Waals surface area contributed by atoms with Gasteiger partial charge in [0, 0.05) is 23.6 Å². The van der Waals surface area contributed by atoms with Crippen LogP contribution in [0.25, 0.3) is 5.69 Å². The van der Waals surface area contributed by atoms with Crippen molar-refractivity contribution in [2.75, 3.05) is 10.0 Å². The zero-order chi connectivity index (χ0) is 21.0. The van der Waals surface area contributed by atoms with Gasteiger partial charge in [0.15, 0.2) is 0 Å². The van der Waals surface area contributed by atoms with Gasteiger partial charge in [-0.25, -0.2) is 13.4 Å². The van der Waals surface area contributed by atoms with E-state index in [9.17, 15) is 13.2 Å². The highest BCUT2D eigenvalue weighted by Gasteiger charge is 2.14. The Morgan fingerprint density at radius 1 is 0.867 bits per heavy atom. The van der Waals surface area contributed by atoms with Crippen LogP contribution in [0, 0.1) is 0 Å². The molecule has 0 unspecified atom stereocenters. The molecule has 1 aromatic heterocycles. The van der Waals surface area contributed by atoms with Gasteiger partial charge in [-0.05, 0) is 48.5 Å². The lowest BCUT2D eigenvalue weighted by Gasteiger charge is -2.12. The Kier molecular flexibility index (Phi) is 5.32. The molecule has 150 valence electrons. The first-order valence-electron chi connectivity index (χ1n) is 9.09. The van der Waals surface area contributed by atoms with Crippen molar-refractivity contribution in [3.05, 3.63) is 103 Å². The van der Waals surface area contributed by atoms with Crippen molar-refractivity contribution in [3.63, 3.8) is 0 Å². The summed E-state index contributed by atoms with van der Waals surface area (Å²) >= 11 is 0. The molecule has 0 aliphatic rings. The van der Waals surface area contributed by atoms with Crippen molar-refractivity contribution < 1.29 is 13.2 Å². The number of anilines is 2. The first kappa shape index (κ1) is 19.4. The average Bonchev–Trinajstić information content (AvgIpc) is 3.30. The predicted octanol–water partition coefficient (Wildman–Crippen LogP) is 3.93. The predicted molar refractivity (Wildman–Crippen MR) is 115 cm³/mol. The Morgan fingerprint density at radius 2 is 1.57 bits per heavy atom. The average molecular weight is 418 g/mol. The van der Waals surface area contributed by atoms with Crippen molar-refractivity contribution in [2.24, 2.45) is 0 Å². The summed E-state index contributed by atoms with van der Waals surface area (Å²) in [6.07, 6.45) is 5.10. The van der Waals surface area contributed by atoms with Crippen LogP contribution in [0.2, 0.25) is 0 Å². The fraction of sp³-hybridized carbons (Fsp3) is 0. The first-order chi connectivity index (χ1) is 14.5. The molecule has 0 atom stereocenters. The molecule has 30 heavy (non-hydrogen) atoms. The summed E-state index contributed by atoms with van der Waals surface area (Å²) in [5.41, 5.74) is 2.19. The minimum Gasteiger partial charge on any atom is -0.320 e. The van der Waals surface area contributed by atoms with Gasteiger partial charge in [0.1, 0.15) is 0 Å². The minimum atomic E-state index is -3.68. The number of aromatic nitrogens is 2. The van der Waals surface area contributed by atoms with Gasteiger partial charge in [0.25, 0.3) is 15.9 Å². The molecule has 4 rings (SSSR count). The van der Waals surface area contributed by atoms with Gasteiger partial charge in [0.05, 0.1) is 22.6 Å². The van der Waals surface area contributed by atoms with E-state index in [1.54, 1.807) is 71.8 Å². The summed E-state index contributed by atoms with van der Waals surface area (Å²) in [4.78, 5) is 16.9. The molecule has 0 saturated heterocycles. The molecule has 1 heterocycles. The monoisotopic (exact) mass is 418 g/mol. The highest BCUT2D eigenvalue weighted by Crippen LogP contribution is 2.21. The number of imidazole rings is 1. The number of sulfonamides is 1. The molecule has 2 N–H and O–H groups in total. The summed E-state index contributed by atoms with van der Waals surface area (Å²) in [5.74, 6) is -0.306. The summed E-state index contributed by atoms with van der Waals surface area (Å²) < 4.78 is 29.1. The lowest BCUT2D eigenvalue weighted by molar-refractivity contribution is 0.102. The van der Waals surface area contributed by atoms with E-state index in [2.05, 4.69) is 15.0 Å². The molecule has 0 spiro atoms. The number of benzene rings is 3. The van der Waals surface area contributed by atoms with E-state index in [-0.39, 0.29) is 10.8 Å². The molecule has 8 heteroatoms. The third-order valence-electron chi connectivity index (χ3n) is 4.39. The van der Waals surface area contributed by atoms with Gasteiger partial charge in [-0.2, -0.15) is 0 Å². The Bertz CT molecular complexity index is 1250. The fourth-order valence-corrected chi connectivity index (χ4v) is 3.98. The highest BCUT2D eigenvalue weighted by molar-refractivity contribution is 7.92. The lowest BCUT2D eigenvalue weighted by Crippen LogP contribution is -2.15. The Morgan fingerprint density at radius 3 is 2.27 bits per heavy atom. The van der Waals surface area contributed by atoms with E-state index in [1.165, 1.54) is 12.1 Å². The second-order valence-corrected chi connectivity index (χ2v) is 8.12. The second kappa shape index (κ2) is 8.22. The minimum absolute atomic E-state index is 0.169. The molecule has 0 aliphatic heterocycles. The summed E-state index contributed by atoms with van der Waals surface area (Å²) in [5, 5.41) is 2.88. The number of rotatable bonds is 6. The summed E-state index contributed by atoms with van der Waals surface area (Å²) in [7, 11) is -3.68. The summed E-state index contributed by atoms with van der Waals surface area (Å²) in [6.45, 7) is 0. The van der Waals surface area contributed by atoms with Crippen LogP contribution in [-0.2, 0) is 10.0 Å². The Labute approximate surface area is 174 Å². The van der Waals surface area contributed by atoms with Gasteiger partial charge >= 0.3 is 0 Å². The number of nitrogens with one attached hydrogen (secondary N) is 2. The lowest BCUT2D eigenvalue weighted by atomic mass is 10.2. The summed E-state index contributed by atoms with van der Waals surface area (Å²) in [6, 6.07) is 21.7. The van der Waals surface area contributed by atoms with Gasteiger partial charge in [-0.1, -0.05) is 30.3 Å². The van der Waals surface area contributed by atoms with E-state index in [4.69, 9.17) is 0 Å². The topological polar surface area (TPSA) is 93.1 Å². The van der Waals surface area contributed by atoms with Crippen molar-refractivity contribution >= 4 is 27.3 Å². The fourth-order valence-electron chi connectivity index (χ4n) is 2.90. The van der Waals surface area contributed by atoms with E-state index < -0.39 is 10.0 Å². The molecule has 0 fully saturated rings. The number of carbonyl (C=O) groups is 1. The van der Waals surface area contributed by atoms with Gasteiger partial charge in [-0.3, -0.25) is 9.52 Å². The van der Waals surface area contributed by atoms with Crippen molar-refractivity contribution in [1.82, 2.24) is 9.55 Å². The maximum absolute atomic E-state index is 12.7. The van der Waals surface area contributed by atoms with Gasteiger partial charge in [0.2, 0.25) is 0 Å². The van der Waals surface area contributed by atoms with Crippen molar-refractivity contribution in [1.29, 1.82) is 0 Å². The van der Waals surface area contributed by atoms with Gasteiger partial charge < -0.3 is 9.88 Å². The third-order valence-corrected chi connectivity index (χ3v) is 5.78. The first-order valence-corrected chi connectivity index (χ1v) is 10.6. The van der Waals surface area contributed by atoms with E-state index in [0.717, 1.165) is 5.69 Å². The van der Waals surface area contributed by atoms with E-state index in [1.807, 2.05) is 18.2 Å². The Hall–Kier alpha value is -3.91. The van der Waals surface area contributed by atoms with Crippen LogP contribution in [0.3, 0.4) is 0 Å². The van der Waals surface area contributed by atoms with Crippen LogP contribution >= 0.6 is 0 Å². The standard InChI is InChI=1S/C22H18N4O3S/c27-22(24-20-8-4-5-9-21(20)26-15-14-23-16-26)17-10-12-18(13-11-17)25-30(28,29)19-6-2-1-3-7-19/h1-16,25H,(H,24,27). The zero-order valence-electron chi connectivity index (χ0n) is 15.8. The maximum Gasteiger partial charge on any atom is 0.261 e. The SMILES string of the molecule is O=C(Nc1ccccc1-n1ccnc1)c1ccc(NS(=O)(=O)c2ccccc2)cc1. The van der Waals surface area contributed by atoms with Crippen LogP contribution in [0.4, 0.5) is 11.4 Å². The van der Waals surface area contributed by atoms with Crippen LogP contribution in [0.15, 0.2) is 102 Å². The number of para-hydroxylation sites is 2. The smallest absolute Gasteiger partial charge is 0.261 e. The molecule has 0 radical (unpaired) electrons. The number of hydrogen-bond acceptors (Lipinski definition) is 4. The molecule has 7 nitrogen and oxygen atoms in total. The van der Waals surface area contributed by atoms with Crippen LogP contribution in [0.5, 0.6) is 0 Å². The molecule has 3 aromatic carbocycles. The molecule has 0 aliphatic carbocycles. The van der Waals surface area contributed by atoms with E-state index in [0.29, 0.717) is 16.9 Å². The number of nitrogens with zero attached hydrogens (tertiary/aromatic N) is 2. The molecule has 4 aromatic rings. The molecule has 0 saturated carbocycles. The molecule has 0 bridgehead atoms. The largest absolute Gasteiger partial charge is 0.320 e. The number of carbonyl (C=O) groups excluding carboxylic acids is 1.